The van der Waals surface area contributed by atoms with Crippen molar-refractivity contribution in [1.29, 1.82) is 0 Å². The van der Waals surface area contributed by atoms with Crippen LogP contribution in [-0.4, -0.2) is 51.8 Å². The summed E-state index contributed by atoms with van der Waals surface area (Å²) in [6.07, 6.45) is 10.3. The van der Waals surface area contributed by atoms with Gasteiger partial charge in [0.15, 0.2) is 6.23 Å². The minimum Gasteiger partial charge on any atom is -0.508 e. The molecule has 0 spiro atoms. The normalized spacial score (nSPS) is 27.0. The van der Waals surface area contributed by atoms with Gasteiger partial charge in [0.25, 0.3) is 0 Å². The summed E-state index contributed by atoms with van der Waals surface area (Å²) in [5, 5.41) is 16.0. The molecule has 3 heterocycles. The van der Waals surface area contributed by atoms with Crippen LogP contribution in [0.2, 0.25) is 0 Å². The highest BCUT2D eigenvalue weighted by atomic mass is 19.1. The number of aromatic nitrogens is 2. The molecule has 7 heteroatoms. The van der Waals surface area contributed by atoms with Crippen LogP contribution >= 0.6 is 0 Å². The monoisotopic (exact) mass is 481 g/mol. The van der Waals surface area contributed by atoms with Gasteiger partial charge in [-0.05, 0) is 75.6 Å². The first-order chi connectivity index (χ1) is 16.8. The van der Waals surface area contributed by atoms with Crippen LogP contribution in [0.4, 0.5) is 4.39 Å². The Bertz CT molecular complexity index is 1170. The van der Waals surface area contributed by atoms with E-state index in [4.69, 9.17) is 14.6 Å². The van der Waals surface area contributed by atoms with Crippen LogP contribution in [0.3, 0.4) is 0 Å². The molecule has 6 nitrogen and oxygen atoms in total. The third kappa shape index (κ3) is 4.52. The molecule has 2 aliphatic heterocycles. The van der Waals surface area contributed by atoms with Crippen LogP contribution in [0.1, 0.15) is 69.3 Å². The number of benzene rings is 1. The smallest absolute Gasteiger partial charge is 0.150 e. The van der Waals surface area contributed by atoms with E-state index in [2.05, 4.69) is 30.5 Å². The van der Waals surface area contributed by atoms with E-state index < -0.39 is 5.67 Å². The predicted octanol–water partition coefficient (Wildman–Crippen LogP) is 6.07. The lowest BCUT2D eigenvalue weighted by molar-refractivity contribution is -0.0366. The summed E-state index contributed by atoms with van der Waals surface area (Å²) in [7, 11) is 1.58. The van der Waals surface area contributed by atoms with E-state index >= 15 is 4.39 Å². The van der Waals surface area contributed by atoms with Crippen LogP contribution in [0.15, 0.2) is 54.2 Å². The lowest BCUT2D eigenvalue weighted by atomic mass is 9.83. The summed E-state index contributed by atoms with van der Waals surface area (Å²) in [5.41, 5.74) is 2.95. The first-order valence-electron chi connectivity index (χ1n) is 12.7. The molecule has 1 unspecified atom stereocenters. The number of aliphatic hydroxyl groups excluding tert-OH is 1. The Morgan fingerprint density at radius 1 is 1.37 bits per heavy atom. The van der Waals surface area contributed by atoms with E-state index in [9.17, 15) is 5.11 Å². The van der Waals surface area contributed by atoms with Crippen molar-refractivity contribution in [2.24, 2.45) is 0 Å². The molecule has 0 amide bonds. The predicted molar refractivity (Wildman–Crippen MR) is 135 cm³/mol. The van der Waals surface area contributed by atoms with Crippen molar-refractivity contribution in [3.05, 3.63) is 65.3 Å². The molecule has 2 fully saturated rings. The van der Waals surface area contributed by atoms with Gasteiger partial charge in [0.05, 0.1) is 24.9 Å². The number of nitrogens with zero attached hydrogens (tertiary/aromatic N) is 3. The Balaban J connectivity index is 1.60. The quantitative estimate of drug-likeness (QED) is 0.384. The number of aliphatic hydroxyl groups is 1. The largest absolute Gasteiger partial charge is 0.508 e. The number of fused-ring (bicyclic) bond motifs is 3. The van der Waals surface area contributed by atoms with E-state index in [1.807, 2.05) is 10.9 Å². The maximum atomic E-state index is 15.1. The Hall–Kier alpha value is -2.64. The molecule has 0 radical (unpaired) electrons. The zero-order valence-corrected chi connectivity index (χ0v) is 21.0. The second-order valence-electron chi connectivity index (χ2n) is 10.2. The molecule has 1 saturated heterocycles. The van der Waals surface area contributed by atoms with Gasteiger partial charge in [-0.15, -0.1) is 0 Å². The van der Waals surface area contributed by atoms with Crippen molar-refractivity contribution in [3.63, 3.8) is 0 Å². The molecule has 35 heavy (non-hydrogen) atoms. The molecule has 1 N–H and O–H groups in total. The van der Waals surface area contributed by atoms with Crippen LogP contribution < -0.4 is 0 Å². The van der Waals surface area contributed by atoms with E-state index in [0.717, 1.165) is 48.8 Å². The van der Waals surface area contributed by atoms with E-state index in [1.54, 1.807) is 26.2 Å². The molecule has 0 bridgehead atoms. The fraction of sp³-hybridized carbons (Fsp3) is 0.536. The van der Waals surface area contributed by atoms with Crippen molar-refractivity contribution in [3.8, 4) is 0 Å². The van der Waals surface area contributed by atoms with Gasteiger partial charge in [-0.1, -0.05) is 12.6 Å². The number of rotatable bonds is 7. The molecule has 1 aromatic carbocycles. The van der Waals surface area contributed by atoms with Gasteiger partial charge in [-0.25, -0.2) is 9.07 Å². The lowest BCUT2D eigenvalue weighted by Crippen LogP contribution is -2.46. The second-order valence-corrected chi connectivity index (χ2v) is 10.2. The minimum absolute atomic E-state index is 0.0318. The second kappa shape index (κ2) is 9.43. The highest BCUT2D eigenvalue weighted by molar-refractivity contribution is 5.84. The lowest BCUT2D eigenvalue weighted by Gasteiger charge is -2.44. The number of hydrogen-bond donors (Lipinski definition) is 1. The maximum absolute atomic E-state index is 15.1. The molecule has 2 aromatic rings. The zero-order valence-electron chi connectivity index (χ0n) is 21.0. The van der Waals surface area contributed by atoms with Crippen LogP contribution in [0, 0.1) is 0 Å². The van der Waals surface area contributed by atoms with Crippen LogP contribution in [-0.2, 0) is 15.9 Å². The van der Waals surface area contributed by atoms with Crippen LogP contribution in [0.25, 0.3) is 10.9 Å². The number of methoxy groups -OCH3 is 1. The number of halogens is 1. The Morgan fingerprint density at radius 3 is 2.83 bits per heavy atom. The van der Waals surface area contributed by atoms with Gasteiger partial charge in [-0.2, -0.15) is 5.10 Å². The molecule has 5 rings (SSSR count). The number of hydrogen-bond acceptors (Lipinski definition) is 5. The first kappa shape index (κ1) is 24.1. The van der Waals surface area contributed by atoms with Crippen molar-refractivity contribution < 1.29 is 19.0 Å². The topological polar surface area (TPSA) is 59.8 Å². The first-order valence-corrected chi connectivity index (χ1v) is 12.7. The Morgan fingerprint density at radius 2 is 2.17 bits per heavy atom. The Labute approximate surface area is 206 Å². The standard InChI is InChI=1S/C28H36FN3O3/c1-5-20(33)15-25(34-4)19(3)27-21-9-10-24-23(16-30-32(24)26-8-6-7-13-35-26)22(21)14-18(2)31(27)17-28(29)11-12-28/h5,9-10,15-16,18,26-27,33H,3,6-8,11-14,17H2,1-2,4H3/b20-5+,25-15+/t18-,26?,27-/m1/s1. The fourth-order valence-electron chi connectivity index (χ4n) is 5.56. The van der Waals surface area contributed by atoms with Gasteiger partial charge in [-0.3, -0.25) is 4.90 Å². The molecular formula is C28H36FN3O3. The number of allylic oxidation sites excluding steroid dienone is 2. The van der Waals surface area contributed by atoms with Crippen molar-refractivity contribution in [2.75, 3.05) is 20.3 Å². The summed E-state index contributed by atoms with van der Waals surface area (Å²) >= 11 is 0. The maximum Gasteiger partial charge on any atom is 0.150 e. The number of alkyl halides is 1. The molecule has 1 saturated carbocycles. The van der Waals surface area contributed by atoms with Gasteiger partial charge >= 0.3 is 0 Å². The third-order valence-electron chi connectivity index (χ3n) is 7.75. The van der Waals surface area contributed by atoms with E-state index in [1.165, 1.54) is 5.56 Å². The molecule has 1 aliphatic carbocycles. The highest BCUT2D eigenvalue weighted by Gasteiger charge is 2.48. The van der Waals surface area contributed by atoms with Gasteiger partial charge in [0, 0.05) is 36.2 Å². The molecule has 188 valence electrons. The Kier molecular flexibility index (Phi) is 6.49. The summed E-state index contributed by atoms with van der Waals surface area (Å²) < 4.78 is 28.8. The summed E-state index contributed by atoms with van der Waals surface area (Å²) in [6, 6.07) is 4.08. The van der Waals surface area contributed by atoms with Crippen molar-refractivity contribution in [2.45, 2.75) is 76.4 Å². The van der Waals surface area contributed by atoms with E-state index in [-0.39, 0.29) is 24.1 Å². The van der Waals surface area contributed by atoms with Crippen LogP contribution in [0.5, 0.6) is 0 Å². The van der Waals surface area contributed by atoms with E-state index in [0.29, 0.717) is 30.7 Å². The summed E-state index contributed by atoms with van der Waals surface area (Å²) in [5.74, 6) is 0.595. The average molecular weight is 482 g/mol. The SMILES string of the molecule is C=C(/C(=C\C(O)=C/C)OC)[C@@H]1c2ccc3c(cnn3C3CCCCO3)c2C[C@@H](C)N1CC1(F)CC1. The third-order valence-corrected chi connectivity index (χ3v) is 7.75. The molecule has 3 aliphatic rings. The molecule has 3 atom stereocenters. The molecule has 1 aromatic heterocycles. The van der Waals surface area contributed by atoms with Gasteiger partial charge in [0.1, 0.15) is 17.2 Å². The minimum atomic E-state index is -1.14. The highest BCUT2D eigenvalue weighted by Crippen LogP contribution is 2.48. The summed E-state index contributed by atoms with van der Waals surface area (Å²) in [6.45, 7) is 9.43. The van der Waals surface area contributed by atoms with Gasteiger partial charge < -0.3 is 14.6 Å². The van der Waals surface area contributed by atoms with Gasteiger partial charge in [0.2, 0.25) is 0 Å². The fourth-order valence-corrected chi connectivity index (χ4v) is 5.56. The molecular weight excluding hydrogens is 445 g/mol. The van der Waals surface area contributed by atoms with Crippen molar-refractivity contribution >= 4 is 10.9 Å². The zero-order chi connectivity index (χ0) is 24.7. The van der Waals surface area contributed by atoms with Crippen molar-refractivity contribution in [1.82, 2.24) is 14.7 Å². The average Bonchev–Trinajstić information content (AvgIpc) is 3.43. The summed E-state index contributed by atoms with van der Waals surface area (Å²) in [4.78, 5) is 2.22. The number of ether oxygens (including phenoxy) is 2.